The maximum atomic E-state index is 12.4. The number of nitrogens with one attached hydrogen (secondary N) is 1. The number of nitrogens with zero attached hydrogens (tertiary/aromatic N) is 1. The molecule has 0 bridgehead atoms. The second-order valence-corrected chi connectivity index (χ2v) is 10.1. The van der Waals surface area contributed by atoms with E-state index in [9.17, 15) is 9.00 Å². The Bertz CT molecular complexity index is 1030. The van der Waals surface area contributed by atoms with Crippen molar-refractivity contribution in [3.63, 3.8) is 0 Å². The van der Waals surface area contributed by atoms with Crippen LogP contribution in [0.15, 0.2) is 82.1 Å². The quantitative estimate of drug-likeness (QED) is 0.443. The topological polar surface area (TPSA) is 62.6 Å². The molecule has 1 aliphatic rings. The van der Waals surface area contributed by atoms with Gasteiger partial charge in [-0.05, 0) is 81.1 Å². The Morgan fingerprint density at radius 2 is 1.67 bits per heavy atom. The first kappa shape index (κ1) is 23.5. The number of hydrogen-bond donors (Lipinski definition) is 1. The number of piperidine rings is 1. The van der Waals surface area contributed by atoms with Gasteiger partial charge in [-0.15, -0.1) is 0 Å². The Morgan fingerprint density at radius 3 is 2.39 bits per heavy atom. The third kappa shape index (κ3) is 7.14. The van der Waals surface area contributed by atoms with Gasteiger partial charge in [-0.1, -0.05) is 48.5 Å². The number of likely N-dealkylation sites (tertiary alicyclic amines) is 1. The van der Waals surface area contributed by atoms with Gasteiger partial charge in [0.05, 0.1) is 16.6 Å². The van der Waals surface area contributed by atoms with Crippen LogP contribution in [0.3, 0.4) is 0 Å². The summed E-state index contributed by atoms with van der Waals surface area (Å²) in [7, 11) is -1.19. The number of carbonyl (C=O) groups excluding carboxylic acids is 1. The van der Waals surface area contributed by atoms with Crippen LogP contribution in [0.25, 0.3) is 0 Å². The second-order valence-electron chi connectivity index (χ2n) is 8.65. The van der Waals surface area contributed by atoms with E-state index < -0.39 is 10.8 Å². The van der Waals surface area contributed by atoms with Crippen molar-refractivity contribution < 1.29 is 13.4 Å². The molecule has 0 radical (unpaired) electrons. The molecule has 33 heavy (non-hydrogen) atoms. The first-order valence-electron chi connectivity index (χ1n) is 11.7. The molecule has 6 heteroatoms. The first-order chi connectivity index (χ1) is 16.2. The Labute approximate surface area is 198 Å². The van der Waals surface area contributed by atoms with E-state index in [4.69, 9.17) is 4.42 Å². The van der Waals surface area contributed by atoms with E-state index >= 15 is 0 Å². The summed E-state index contributed by atoms with van der Waals surface area (Å²) in [6.07, 6.45) is 4.57. The van der Waals surface area contributed by atoms with Crippen LogP contribution in [0, 0.1) is 5.92 Å². The van der Waals surface area contributed by atoms with Crippen LogP contribution in [0.2, 0.25) is 0 Å². The van der Waals surface area contributed by atoms with Gasteiger partial charge in [-0.25, -0.2) is 0 Å². The van der Waals surface area contributed by atoms with Gasteiger partial charge >= 0.3 is 0 Å². The SMILES string of the molecule is O=C(NCCCN1CCC(Cc2ccccc2)CC1)c1ccc(C[S@@](=O)c2ccccc2)o1. The average molecular weight is 465 g/mol. The number of amides is 1. The minimum Gasteiger partial charge on any atom is -0.455 e. The fourth-order valence-corrected chi connectivity index (χ4v) is 5.36. The predicted octanol–water partition coefficient (Wildman–Crippen LogP) is 4.66. The lowest BCUT2D eigenvalue weighted by atomic mass is 9.90. The van der Waals surface area contributed by atoms with Crippen LogP contribution in [0.1, 0.15) is 41.1 Å². The summed E-state index contributed by atoms with van der Waals surface area (Å²) in [5.74, 6) is 1.65. The highest BCUT2D eigenvalue weighted by Crippen LogP contribution is 2.21. The van der Waals surface area contributed by atoms with E-state index in [0.717, 1.165) is 36.9 Å². The van der Waals surface area contributed by atoms with Crippen LogP contribution >= 0.6 is 0 Å². The Kier molecular flexibility index (Phi) is 8.50. The Morgan fingerprint density at radius 1 is 0.970 bits per heavy atom. The van der Waals surface area contributed by atoms with Crippen LogP contribution in [0.5, 0.6) is 0 Å². The summed E-state index contributed by atoms with van der Waals surface area (Å²) in [4.78, 5) is 15.6. The molecule has 1 aliphatic heterocycles. The molecule has 1 saturated heterocycles. The van der Waals surface area contributed by atoms with Crippen molar-refractivity contribution in [1.82, 2.24) is 10.2 Å². The predicted molar refractivity (Wildman–Crippen MR) is 132 cm³/mol. The number of furan rings is 1. The van der Waals surface area contributed by atoms with Gasteiger partial charge in [-0.2, -0.15) is 0 Å². The second kappa shape index (κ2) is 12.0. The van der Waals surface area contributed by atoms with Gasteiger partial charge in [0.1, 0.15) is 5.76 Å². The van der Waals surface area contributed by atoms with E-state index in [-0.39, 0.29) is 17.4 Å². The molecule has 1 fully saturated rings. The van der Waals surface area contributed by atoms with Gasteiger partial charge in [-0.3, -0.25) is 9.00 Å². The van der Waals surface area contributed by atoms with E-state index in [1.807, 2.05) is 30.3 Å². The normalized spacial score (nSPS) is 15.9. The average Bonchev–Trinajstić information content (AvgIpc) is 3.32. The smallest absolute Gasteiger partial charge is 0.286 e. The summed E-state index contributed by atoms with van der Waals surface area (Å²) in [5, 5.41) is 2.94. The minimum absolute atomic E-state index is 0.215. The molecule has 0 aliphatic carbocycles. The van der Waals surface area contributed by atoms with Crippen molar-refractivity contribution in [2.75, 3.05) is 26.2 Å². The highest BCUT2D eigenvalue weighted by molar-refractivity contribution is 7.84. The molecule has 5 nitrogen and oxygen atoms in total. The summed E-state index contributed by atoms with van der Waals surface area (Å²) < 4.78 is 18.0. The van der Waals surface area contributed by atoms with Crippen molar-refractivity contribution in [3.05, 3.63) is 89.9 Å². The van der Waals surface area contributed by atoms with E-state index in [1.54, 1.807) is 12.1 Å². The first-order valence-corrected chi connectivity index (χ1v) is 13.1. The Balaban J connectivity index is 1.12. The summed E-state index contributed by atoms with van der Waals surface area (Å²) >= 11 is 0. The molecule has 1 amide bonds. The molecule has 2 aromatic carbocycles. The Hall–Kier alpha value is -2.70. The lowest BCUT2D eigenvalue weighted by Gasteiger charge is -2.32. The molecule has 0 unspecified atom stereocenters. The van der Waals surface area contributed by atoms with Gasteiger partial charge in [0.2, 0.25) is 0 Å². The van der Waals surface area contributed by atoms with Crippen molar-refractivity contribution in [2.24, 2.45) is 5.92 Å². The molecule has 174 valence electrons. The number of carbonyl (C=O) groups is 1. The zero-order chi connectivity index (χ0) is 22.9. The van der Waals surface area contributed by atoms with Crippen LogP contribution in [-0.4, -0.2) is 41.2 Å². The zero-order valence-corrected chi connectivity index (χ0v) is 19.8. The number of hydrogen-bond acceptors (Lipinski definition) is 4. The molecule has 1 aromatic heterocycles. The molecule has 0 saturated carbocycles. The van der Waals surface area contributed by atoms with E-state index in [1.165, 1.54) is 24.8 Å². The van der Waals surface area contributed by atoms with Crippen LogP contribution in [0.4, 0.5) is 0 Å². The molecule has 0 spiro atoms. The summed E-state index contributed by atoms with van der Waals surface area (Å²) in [6, 6.07) is 23.4. The highest BCUT2D eigenvalue weighted by atomic mass is 32.2. The van der Waals surface area contributed by atoms with Gasteiger partial charge in [0, 0.05) is 11.4 Å². The molecule has 1 atom stereocenters. The maximum absolute atomic E-state index is 12.4. The lowest BCUT2D eigenvalue weighted by Crippen LogP contribution is -2.36. The summed E-state index contributed by atoms with van der Waals surface area (Å²) in [6.45, 7) is 3.88. The standard InChI is InChI=1S/C27H32N2O3S/c30-27(26-13-12-24(32-26)21-33(31)25-10-5-2-6-11-25)28-16-7-17-29-18-14-23(15-19-29)20-22-8-3-1-4-9-22/h1-6,8-13,23H,7,14-21H2,(H,28,30)/t33-/m1/s1. The largest absolute Gasteiger partial charge is 0.455 e. The van der Waals surface area contributed by atoms with Gasteiger partial charge in [0.15, 0.2) is 5.76 Å². The fourth-order valence-electron chi connectivity index (χ4n) is 4.32. The van der Waals surface area contributed by atoms with Gasteiger partial charge in [0.25, 0.3) is 5.91 Å². The molecule has 1 N–H and O–H groups in total. The van der Waals surface area contributed by atoms with Crippen molar-refractivity contribution in [1.29, 1.82) is 0 Å². The summed E-state index contributed by atoms with van der Waals surface area (Å²) in [5.41, 5.74) is 1.44. The van der Waals surface area contributed by atoms with E-state index in [2.05, 4.69) is 40.5 Å². The van der Waals surface area contributed by atoms with Gasteiger partial charge < -0.3 is 14.6 Å². The maximum Gasteiger partial charge on any atom is 0.286 e. The minimum atomic E-state index is -1.19. The van der Waals surface area contributed by atoms with Crippen LogP contribution in [-0.2, 0) is 23.0 Å². The van der Waals surface area contributed by atoms with Crippen molar-refractivity contribution >= 4 is 16.7 Å². The molecule has 2 heterocycles. The fraction of sp³-hybridized carbons (Fsp3) is 0.370. The lowest BCUT2D eigenvalue weighted by molar-refractivity contribution is 0.0921. The number of rotatable bonds is 10. The molecular weight excluding hydrogens is 432 g/mol. The van der Waals surface area contributed by atoms with Crippen molar-refractivity contribution in [3.8, 4) is 0 Å². The molecule has 4 rings (SSSR count). The highest BCUT2D eigenvalue weighted by Gasteiger charge is 2.19. The zero-order valence-electron chi connectivity index (χ0n) is 18.9. The number of benzene rings is 2. The third-order valence-electron chi connectivity index (χ3n) is 6.18. The van der Waals surface area contributed by atoms with Crippen molar-refractivity contribution in [2.45, 2.75) is 36.3 Å². The van der Waals surface area contributed by atoms with Crippen LogP contribution < -0.4 is 5.32 Å². The van der Waals surface area contributed by atoms with E-state index in [0.29, 0.717) is 12.3 Å². The molecule has 3 aromatic rings. The monoisotopic (exact) mass is 464 g/mol. The molecular formula is C27H32N2O3S. The third-order valence-corrected chi connectivity index (χ3v) is 7.52.